The number of hydrogen-bond donors (Lipinski definition) is 2. The molecule has 3 fully saturated rings. The minimum atomic E-state index is -0.213. The number of carbonyl (C=O) groups excluding carboxylic acids is 3. The van der Waals surface area contributed by atoms with Crippen LogP contribution in [0.15, 0.2) is 17.1 Å². The molecular formula is C24H31N3O4. The average molecular weight is 426 g/mol. The first-order chi connectivity index (χ1) is 15.0. The van der Waals surface area contributed by atoms with Gasteiger partial charge in [-0.1, -0.05) is 0 Å². The Morgan fingerprint density at radius 2 is 1.65 bits per heavy atom. The van der Waals surface area contributed by atoms with Crippen LogP contribution in [0, 0.1) is 17.3 Å². The second-order valence-electron chi connectivity index (χ2n) is 10.1. The van der Waals surface area contributed by atoms with Crippen molar-refractivity contribution in [1.82, 2.24) is 15.2 Å². The van der Waals surface area contributed by atoms with E-state index in [9.17, 15) is 19.2 Å². The molecule has 31 heavy (non-hydrogen) atoms. The van der Waals surface area contributed by atoms with Crippen molar-refractivity contribution in [3.8, 4) is 0 Å². The average Bonchev–Trinajstić information content (AvgIpc) is 2.74. The summed E-state index contributed by atoms with van der Waals surface area (Å²) in [5.41, 5.74) is 1.73. The van der Waals surface area contributed by atoms with Gasteiger partial charge in [0.25, 0.3) is 5.56 Å². The van der Waals surface area contributed by atoms with Crippen molar-refractivity contribution in [1.29, 1.82) is 0 Å². The minimum Gasteiger partial charge on any atom is -0.316 e. The molecule has 1 unspecified atom stereocenters. The molecule has 2 amide bonds. The molecule has 5 rings (SSSR count). The van der Waals surface area contributed by atoms with Crippen LogP contribution in [0.4, 0.5) is 0 Å². The smallest absolute Gasteiger partial charge is 0.254 e. The van der Waals surface area contributed by atoms with Crippen LogP contribution in [0.2, 0.25) is 0 Å². The summed E-state index contributed by atoms with van der Waals surface area (Å²) in [5.74, 6) is -0.720. The lowest BCUT2D eigenvalue weighted by Crippen LogP contribution is -2.55. The number of ketones is 1. The molecule has 2 aliphatic heterocycles. The predicted molar refractivity (Wildman–Crippen MR) is 115 cm³/mol. The summed E-state index contributed by atoms with van der Waals surface area (Å²) in [6, 6.07) is 2.09. The molecule has 2 N–H and O–H groups in total. The fourth-order valence-corrected chi connectivity index (χ4v) is 6.04. The summed E-state index contributed by atoms with van der Waals surface area (Å²) in [6.07, 6.45) is 9.69. The van der Waals surface area contributed by atoms with Gasteiger partial charge in [0.15, 0.2) is 5.78 Å². The molecule has 1 spiro atoms. The molecule has 1 aromatic heterocycles. The van der Waals surface area contributed by atoms with Crippen molar-refractivity contribution >= 4 is 17.6 Å². The van der Waals surface area contributed by atoms with Crippen molar-refractivity contribution in [2.45, 2.75) is 70.3 Å². The Balaban J connectivity index is 1.25. The van der Waals surface area contributed by atoms with Crippen molar-refractivity contribution in [3.63, 3.8) is 0 Å². The van der Waals surface area contributed by atoms with E-state index in [-0.39, 0.29) is 41.0 Å². The maximum Gasteiger partial charge on any atom is 0.254 e. The van der Waals surface area contributed by atoms with Crippen molar-refractivity contribution in [2.75, 3.05) is 13.1 Å². The molecule has 7 heteroatoms. The van der Waals surface area contributed by atoms with Crippen LogP contribution in [0.5, 0.6) is 0 Å². The van der Waals surface area contributed by atoms with Crippen LogP contribution in [0.25, 0.3) is 0 Å². The number of rotatable bonds is 4. The number of piperidine rings is 1. The predicted octanol–water partition coefficient (Wildman–Crippen LogP) is 2.13. The maximum atomic E-state index is 13.2. The van der Waals surface area contributed by atoms with E-state index in [1.165, 1.54) is 0 Å². The lowest BCUT2D eigenvalue weighted by atomic mass is 9.68. The zero-order valence-corrected chi connectivity index (χ0v) is 18.0. The number of hydrogen-bond acceptors (Lipinski definition) is 5. The summed E-state index contributed by atoms with van der Waals surface area (Å²) in [5, 5.41) is 5.77. The Morgan fingerprint density at radius 1 is 0.935 bits per heavy atom. The molecule has 2 saturated heterocycles. The Hall–Kier alpha value is -2.28. The SMILES string of the molecule is O=C1CC[C@H](CCC2CCc3c(ccn(C4CCC5(CC4)CNC5)c3=O)C2=O)C(=O)N1. The summed E-state index contributed by atoms with van der Waals surface area (Å²) < 4.78 is 1.88. The number of amides is 2. The van der Waals surface area contributed by atoms with Crippen molar-refractivity contribution < 1.29 is 14.4 Å². The highest BCUT2D eigenvalue weighted by Crippen LogP contribution is 2.43. The molecule has 1 aromatic rings. The van der Waals surface area contributed by atoms with E-state index in [1.54, 1.807) is 0 Å². The molecule has 7 nitrogen and oxygen atoms in total. The first-order valence-electron chi connectivity index (χ1n) is 11.8. The molecule has 0 aromatic carbocycles. The third kappa shape index (κ3) is 3.77. The zero-order chi connectivity index (χ0) is 21.6. The van der Waals surface area contributed by atoms with Gasteiger partial charge in [0, 0.05) is 54.7 Å². The summed E-state index contributed by atoms with van der Waals surface area (Å²) in [6.45, 7) is 2.21. The number of nitrogens with one attached hydrogen (secondary N) is 2. The van der Waals surface area contributed by atoms with Gasteiger partial charge in [-0.15, -0.1) is 0 Å². The molecule has 0 bridgehead atoms. The van der Waals surface area contributed by atoms with E-state index in [2.05, 4.69) is 10.6 Å². The van der Waals surface area contributed by atoms with E-state index in [0.29, 0.717) is 55.1 Å². The quantitative estimate of drug-likeness (QED) is 0.721. The normalized spacial score (nSPS) is 28.2. The fourth-order valence-electron chi connectivity index (χ4n) is 6.04. The van der Waals surface area contributed by atoms with Gasteiger partial charge in [0.1, 0.15) is 0 Å². The highest BCUT2D eigenvalue weighted by atomic mass is 16.2. The summed E-state index contributed by atoms with van der Waals surface area (Å²) >= 11 is 0. The van der Waals surface area contributed by atoms with E-state index in [1.807, 2.05) is 16.8 Å². The molecule has 2 aliphatic carbocycles. The van der Waals surface area contributed by atoms with Gasteiger partial charge in [-0.05, 0) is 69.3 Å². The summed E-state index contributed by atoms with van der Waals surface area (Å²) in [7, 11) is 0. The Bertz CT molecular complexity index is 968. The first kappa shape index (κ1) is 20.6. The largest absolute Gasteiger partial charge is 0.316 e. The minimum absolute atomic E-state index is 0.0159. The highest BCUT2D eigenvalue weighted by molar-refractivity contribution is 6.00. The highest BCUT2D eigenvalue weighted by Gasteiger charge is 2.41. The lowest BCUT2D eigenvalue weighted by molar-refractivity contribution is -0.136. The van der Waals surface area contributed by atoms with Crippen LogP contribution >= 0.6 is 0 Å². The first-order valence-corrected chi connectivity index (χ1v) is 11.8. The van der Waals surface area contributed by atoms with Gasteiger partial charge in [-0.2, -0.15) is 0 Å². The number of fused-ring (bicyclic) bond motifs is 1. The second-order valence-corrected chi connectivity index (χ2v) is 10.1. The number of aromatic nitrogens is 1. The Labute approximate surface area is 182 Å². The van der Waals surface area contributed by atoms with Gasteiger partial charge in [0.2, 0.25) is 11.8 Å². The second kappa shape index (κ2) is 8.01. The molecule has 2 atom stereocenters. The van der Waals surface area contributed by atoms with Gasteiger partial charge >= 0.3 is 0 Å². The maximum absolute atomic E-state index is 13.2. The molecule has 166 valence electrons. The Morgan fingerprint density at radius 3 is 2.32 bits per heavy atom. The number of pyridine rings is 1. The number of Topliss-reactive ketones (excluding diaryl/α,β-unsaturated/α-hetero) is 1. The van der Waals surface area contributed by atoms with Crippen molar-refractivity contribution in [3.05, 3.63) is 33.7 Å². The molecule has 4 aliphatic rings. The van der Waals surface area contributed by atoms with E-state index >= 15 is 0 Å². The lowest BCUT2D eigenvalue weighted by Gasteiger charge is -2.47. The van der Waals surface area contributed by atoms with Gasteiger partial charge in [-0.25, -0.2) is 0 Å². The van der Waals surface area contributed by atoms with Crippen LogP contribution in [0.3, 0.4) is 0 Å². The molecule has 3 heterocycles. The van der Waals surface area contributed by atoms with Crippen LogP contribution < -0.4 is 16.2 Å². The topological polar surface area (TPSA) is 97.3 Å². The van der Waals surface area contributed by atoms with Gasteiger partial charge in [0.05, 0.1) is 0 Å². The van der Waals surface area contributed by atoms with Crippen LogP contribution in [-0.2, 0) is 16.0 Å². The number of nitrogens with zero attached hydrogens (tertiary/aromatic N) is 1. The van der Waals surface area contributed by atoms with Gasteiger partial charge in [-0.3, -0.25) is 24.5 Å². The van der Waals surface area contributed by atoms with E-state index < -0.39 is 0 Å². The molecular weight excluding hydrogens is 394 g/mol. The van der Waals surface area contributed by atoms with Crippen LogP contribution in [0.1, 0.15) is 79.8 Å². The monoisotopic (exact) mass is 425 g/mol. The molecule has 1 saturated carbocycles. The fraction of sp³-hybridized carbons (Fsp3) is 0.667. The Kier molecular flexibility index (Phi) is 5.32. The standard InChI is InChI=1S/C24H31N3O4/c28-20-6-4-16(22(30)26-20)2-1-15-3-5-19-18(21(15)29)9-12-27(23(19)31)17-7-10-24(11-8-17)13-25-14-24/h9,12,15-17,25H,1-8,10-11,13-14H2,(H,26,28,30)/t15?,16-/m0/s1. The third-order valence-electron chi connectivity index (χ3n) is 8.22. The van der Waals surface area contributed by atoms with Gasteiger partial charge < -0.3 is 9.88 Å². The van der Waals surface area contributed by atoms with Crippen molar-refractivity contribution in [2.24, 2.45) is 17.3 Å². The number of carbonyl (C=O) groups is 3. The van der Waals surface area contributed by atoms with Crippen LogP contribution in [-0.4, -0.2) is 35.3 Å². The zero-order valence-electron chi connectivity index (χ0n) is 18.0. The van der Waals surface area contributed by atoms with E-state index in [4.69, 9.17) is 0 Å². The van der Waals surface area contributed by atoms with E-state index in [0.717, 1.165) is 38.8 Å². The summed E-state index contributed by atoms with van der Waals surface area (Å²) in [4.78, 5) is 49.6. The third-order valence-corrected chi connectivity index (χ3v) is 8.22. The number of imide groups is 1. The molecule has 0 radical (unpaired) electrons.